The number of hydrogen-bond donors (Lipinski definition) is 1. The van der Waals surface area contributed by atoms with E-state index in [9.17, 15) is 13.2 Å². The molecule has 1 N–H and O–H groups in total. The first-order valence-electron chi connectivity index (χ1n) is 7.00. The van der Waals surface area contributed by atoms with Crippen LogP contribution in [0.5, 0.6) is 0 Å². The standard InChI is InChI=1S/C15H20F3N3/c1-3-8-21(4-2)9-7-20-14-6-5-13(15(16,17)18)10-12(14)11-19/h5-6,10,20H,3-4,7-9H2,1-2H3. The van der Waals surface area contributed by atoms with Crippen LogP contribution in [0.15, 0.2) is 18.2 Å². The number of nitriles is 1. The Kier molecular flexibility index (Phi) is 6.50. The van der Waals surface area contributed by atoms with Gasteiger partial charge < -0.3 is 10.2 Å². The lowest BCUT2D eigenvalue weighted by Gasteiger charge is -2.20. The first-order chi connectivity index (χ1) is 9.92. The highest BCUT2D eigenvalue weighted by atomic mass is 19.4. The molecular formula is C15H20F3N3. The van der Waals surface area contributed by atoms with Crippen molar-refractivity contribution in [1.82, 2.24) is 4.90 Å². The molecule has 0 aliphatic carbocycles. The zero-order valence-electron chi connectivity index (χ0n) is 12.3. The van der Waals surface area contributed by atoms with E-state index in [0.29, 0.717) is 12.2 Å². The van der Waals surface area contributed by atoms with E-state index in [1.807, 2.05) is 6.07 Å². The molecule has 21 heavy (non-hydrogen) atoms. The van der Waals surface area contributed by atoms with Crippen LogP contribution in [0.2, 0.25) is 0 Å². The summed E-state index contributed by atoms with van der Waals surface area (Å²) in [5.74, 6) is 0. The summed E-state index contributed by atoms with van der Waals surface area (Å²) < 4.78 is 37.8. The Morgan fingerprint density at radius 1 is 1.24 bits per heavy atom. The number of hydrogen-bond acceptors (Lipinski definition) is 3. The van der Waals surface area contributed by atoms with Crippen molar-refractivity contribution < 1.29 is 13.2 Å². The predicted molar refractivity (Wildman–Crippen MR) is 77.1 cm³/mol. The van der Waals surface area contributed by atoms with Crippen LogP contribution in [-0.4, -0.2) is 31.1 Å². The van der Waals surface area contributed by atoms with Crippen molar-refractivity contribution in [2.45, 2.75) is 26.4 Å². The molecule has 0 amide bonds. The molecule has 6 heteroatoms. The maximum absolute atomic E-state index is 12.6. The summed E-state index contributed by atoms with van der Waals surface area (Å²) in [6.45, 7) is 7.45. The first kappa shape index (κ1) is 17.3. The molecule has 1 aromatic rings. The second-order valence-corrected chi connectivity index (χ2v) is 4.73. The van der Waals surface area contributed by atoms with E-state index >= 15 is 0 Å². The summed E-state index contributed by atoms with van der Waals surface area (Å²) in [7, 11) is 0. The quantitative estimate of drug-likeness (QED) is 0.834. The predicted octanol–water partition coefficient (Wildman–Crippen LogP) is 3.72. The van der Waals surface area contributed by atoms with Crippen LogP contribution in [0.4, 0.5) is 18.9 Å². The average Bonchev–Trinajstić information content (AvgIpc) is 2.45. The van der Waals surface area contributed by atoms with Crippen molar-refractivity contribution in [3.8, 4) is 6.07 Å². The molecule has 0 fully saturated rings. The van der Waals surface area contributed by atoms with Crippen LogP contribution in [-0.2, 0) is 6.18 Å². The van der Waals surface area contributed by atoms with Gasteiger partial charge in [0.05, 0.1) is 16.8 Å². The molecule has 0 heterocycles. The molecule has 0 saturated heterocycles. The lowest BCUT2D eigenvalue weighted by molar-refractivity contribution is -0.137. The fraction of sp³-hybridized carbons (Fsp3) is 0.533. The Balaban J connectivity index is 2.70. The van der Waals surface area contributed by atoms with Gasteiger partial charge in [-0.05, 0) is 37.7 Å². The third-order valence-electron chi connectivity index (χ3n) is 3.20. The van der Waals surface area contributed by atoms with Gasteiger partial charge in [0.1, 0.15) is 6.07 Å². The molecule has 0 radical (unpaired) electrons. The summed E-state index contributed by atoms with van der Waals surface area (Å²) in [6.07, 6.45) is -3.37. The Labute approximate surface area is 123 Å². The maximum Gasteiger partial charge on any atom is 0.416 e. The number of alkyl halides is 3. The van der Waals surface area contributed by atoms with Crippen LogP contribution in [0, 0.1) is 11.3 Å². The number of benzene rings is 1. The van der Waals surface area contributed by atoms with E-state index < -0.39 is 11.7 Å². The van der Waals surface area contributed by atoms with E-state index in [0.717, 1.165) is 38.2 Å². The minimum absolute atomic E-state index is 0.0170. The monoisotopic (exact) mass is 299 g/mol. The van der Waals surface area contributed by atoms with Gasteiger partial charge in [0, 0.05) is 13.1 Å². The molecule has 0 spiro atoms. The Morgan fingerprint density at radius 3 is 2.48 bits per heavy atom. The van der Waals surface area contributed by atoms with Crippen molar-refractivity contribution in [3.05, 3.63) is 29.3 Å². The van der Waals surface area contributed by atoms with E-state index in [2.05, 4.69) is 24.1 Å². The van der Waals surface area contributed by atoms with Gasteiger partial charge in [0.2, 0.25) is 0 Å². The van der Waals surface area contributed by atoms with Crippen LogP contribution < -0.4 is 5.32 Å². The van der Waals surface area contributed by atoms with E-state index in [-0.39, 0.29) is 5.56 Å². The Bertz CT molecular complexity index is 492. The topological polar surface area (TPSA) is 39.1 Å². The second-order valence-electron chi connectivity index (χ2n) is 4.73. The second kappa shape index (κ2) is 7.89. The molecule has 1 rings (SSSR count). The lowest BCUT2D eigenvalue weighted by atomic mass is 10.1. The Hall–Kier alpha value is -1.74. The summed E-state index contributed by atoms with van der Waals surface area (Å²) in [5, 5.41) is 12.0. The molecule has 3 nitrogen and oxygen atoms in total. The summed E-state index contributed by atoms with van der Waals surface area (Å²) in [4.78, 5) is 2.24. The van der Waals surface area contributed by atoms with Crippen molar-refractivity contribution in [2.24, 2.45) is 0 Å². The van der Waals surface area contributed by atoms with Gasteiger partial charge in [0.15, 0.2) is 0 Å². The van der Waals surface area contributed by atoms with Gasteiger partial charge in [-0.15, -0.1) is 0 Å². The SMILES string of the molecule is CCCN(CC)CCNc1ccc(C(F)(F)F)cc1C#N. The van der Waals surface area contributed by atoms with Gasteiger partial charge in [0.25, 0.3) is 0 Å². The molecule has 0 atom stereocenters. The fourth-order valence-electron chi connectivity index (χ4n) is 2.06. The molecule has 0 saturated carbocycles. The minimum Gasteiger partial charge on any atom is -0.383 e. The van der Waals surface area contributed by atoms with Gasteiger partial charge in [-0.1, -0.05) is 13.8 Å². The zero-order chi connectivity index (χ0) is 15.9. The highest BCUT2D eigenvalue weighted by Crippen LogP contribution is 2.31. The number of likely N-dealkylation sites (N-methyl/N-ethyl adjacent to an activating group) is 1. The maximum atomic E-state index is 12.6. The van der Waals surface area contributed by atoms with Crippen LogP contribution >= 0.6 is 0 Å². The number of nitrogens with one attached hydrogen (secondary N) is 1. The van der Waals surface area contributed by atoms with E-state index in [4.69, 9.17) is 5.26 Å². The average molecular weight is 299 g/mol. The van der Waals surface area contributed by atoms with Gasteiger partial charge >= 0.3 is 6.18 Å². The van der Waals surface area contributed by atoms with Crippen molar-refractivity contribution in [2.75, 3.05) is 31.5 Å². The molecular weight excluding hydrogens is 279 g/mol. The highest BCUT2D eigenvalue weighted by Gasteiger charge is 2.31. The number of nitrogens with zero attached hydrogens (tertiary/aromatic N) is 2. The van der Waals surface area contributed by atoms with E-state index in [1.54, 1.807) is 0 Å². The van der Waals surface area contributed by atoms with Crippen molar-refractivity contribution >= 4 is 5.69 Å². The largest absolute Gasteiger partial charge is 0.416 e. The molecule has 0 bridgehead atoms. The third-order valence-corrected chi connectivity index (χ3v) is 3.20. The summed E-state index contributed by atoms with van der Waals surface area (Å²) in [6, 6.07) is 5.00. The number of halogens is 3. The van der Waals surface area contributed by atoms with Crippen molar-refractivity contribution in [1.29, 1.82) is 5.26 Å². The fourth-order valence-corrected chi connectivity index (χ4v) is 2.06. The molecule has 116 valence electrons. The molecule has 0 aromatic heterocycles. The van der Waals surface area contributed by atoms with Gasteiger partial charge in [-0.25, -0.2) is 0 Å². The number of anilines is 1. The molecule has 1 aromatic carbocycles. The highest BCUT2D eigenvalue weighted by molar-refractivity contribution is 5.59. The zero-order valence-corrected chi connectivity index (χ0v) is 12.3. The van der Waals surface area contributed by atoms with Crippen LogP contribution in [0.25, 0.3) is 0 Å². The minimum atomic E-state index is -4.43. The smallest absolute Gasteiger partial charge is 0.383 e. The van der Waals surface area contributed by atoms with Crippen LogP contribution in [0.1, 0.15) is 31.4 Å². The molecule has 0 aliphatic heterocycles. The van der Waals surface area contributed by atoms with E-state index in [1.165, 1.54) is 6.07 Å². The first-order valence-corrected chi connectivity index (χ1v) is 7.00. The normalized spacial score (nSPS) is 11.5. The van der Waals surface area contributed by atoms with Gasteiger partial charge in [-0.3, -0.25) is 0 Å². The lowest BCUT2D eigenvalue weighted by Crippen LogP contribution is -2.29. The summed E-state index contributed by atoms with van der Waals surface area (Å²) in [5.41, 5.74) is -0.341. The molecule has 0 aliphatic rings. The summed E-state index contributed by atoms with van der Waals surface area (Å²) >= 11 is 0. The molecule has 0 unspecified atom stereocenters. The van der Waals surface area contributed by atoms with Crippen molar-refractivity contribution in [3.63, 3.8) is 0 Å². The van der Waals surface area contributed by atoms with Gasteiger partial charge in [-0.2, -0.15) is 18.4 Å². The third kappa shape index (κ3) is 5.27. The Morgan fingerprint density at radius 2 is 1.95 bits per heavy atom. The van der Waals surface area contributed by atoms with Crippen LogP contribution in [0.3, 0.4) is 0 Å². The number of rotatable bonds is 7.